The summed E-state index contributed by atoms with van der Waals surface area (Å²) < 4.78 is 0. The maximum Gasteiger partial charge on any atom is 0.0601 e. The van der Waals surface area contributed by atoms with E-state index in [1.54, 1.807) is 0 Å². The van der Waals surface area contributed by atoms with Crippen LogP contribution in [0.15, 0.2) is 0 Å². The first-order valence-corrected chi connectivity index (χ1v) is 5.65. The van der Waals surface area contributed by atoms with E-state index >= 15 is 0 Å². The van der Waals surface area contributed by atoms with Crippen LogP contribution >= 0.6 is 0 Å². The molecule has 3 nitrogen and oxygen atoms in total. The van der Waals surface area contributed by atoms with Crippen molar-refractivity contribution in [3.05, 3.63) is 0 Å². The van der Waals surface area contributed by atoms with Crippen molar-refractivity contribution in [3.8, 4) is 0 Å². The minimum absolute atomic E-state index is 0.0532. The van der Waals surface area contributed by atoms with Crippen LogP contribution in [0.5, 0.6) is 0 Å². The van der Waals surface area contributed by atoms with Crippen molar-refractivity contribution in [2.45, 2.75) is 39.3 Å². The molecule has 0 aromatic rings. The molecule has 0 aromatic carbocycles. The van der Waals surface area contributed by atoms with Gasteiger partial charge in [-0.3, -0.25) is 4.90 Å². The van der Waals surface area contributed by atoms with Crippen molar-refractivity contribution >= 4 is 0 Å². The van der Waals surface area contributed by atoms with E-state index in [1.807, 2.05) is 6.92 Å². The van der Waals surface area contributed by atoms with Gasteiger partial charge in [0.15, 0.2) is 0 Å². The number of hydrogen-bond acceptors (Lipinski definition) is 3. The molecule has 4 atom stereocenters. The molecule has 1 fully saturated rings. The molecule has 0 bridgehead atoms. The molecule has 1 saturated heterocycles. The predicted octanol–water partition coefficient (Wildman–Crippen LogP) is 0.672. The van der Waals surface area contributed by atoms with E-state index < -0.39 is 0 Å². The Morgan fingerprint density at radius 1 is 1.36 bits per heavy atom. The first-order valence-electron chi connectivity index (χ1n) is 5.65. The Balaban J connectivity index is 2.56. The Bertz CT molecular complexity index is 163. The van der Waals surface area contributed by atoms with Gasteiger partial charge < -0.3 is 10.8 Å². The SMILES string of the molecule is CC1CC(C)CN(C(CO)C(C)N)C1. The summed E-state index contributed by atoms with van der Waals surface area (Å²) in [6.07, 6.45) is 1.30. The fraction of sp³-hybridized carbons (Fsp3) is 1.00. The highest BCUT2D eigenvalue weighted by atomic mass is 16.3. The van der Waals surface area contributed by atoms with Gasteiger partial charge in [-0.15, -0.1) is 0 Å². The second kappa shape index (κ2) is 5.10. The molecule has 1 heterocycles. The average molecular weight is 200 g/mol. The highest BCUT2D eigenvalue weighted by molar-refractivity contribution is 4.84. The topological polar surface area (TPSA) is 49.5 Å². The van der Waals surface area contributed by atoms with Crippen molar-refractivity contribution < 1.29 is 5.11 Å². The second-order valence-electron chi connectivity index (χ2n) is 5.01. The molecule has 1 aliphatic rings. The molecular formula is C11H24N2O. The van der Waals surface area contributed by atoms with Gasteiger partial charge >= 0.3 is 0 Å². The Morgan fingerprint density at radius 2 is 1.86 bits per heavy atom. The maximum atomic E-state index is 9.30. The number of nitrogens with two attached hydrogens (primary N) is 1. The van der Waals surface area contributed by atoms with Crippen LogP contribution in [0.1, 0.15) is 27.2 Å². The number of piperidine rings is 1. The van der Waals surface area contributed by atoms with Crippen LogP contribution in [-0.4, -0.2) is 41.8 Å². The standard InChI is InChI=1S/C11H24N2O/c1-8-4-9(2)6-13(5-8)11(7-14)10(3)12/h8-11,14H,4-7,12H2,1-3H3. The number of aliphatic hydroxyl groups excluding tert-OH is 1. The molecule has 3 heteroatoms. The van der Waals surface area contributed by atoms with Gasteiger partial charge in [-0.2, -0.15) is 0 Å². The lowest BCUT2D eigenvalue weighted by molar-refractivity contribution is 0.0513. The van der Waals surface area contributed by atoms with E-state index in [-0.39, 0.29) is 18.7 Å². The molecule has 1 aliphatic heterocycles. The molecule has 0 amide bonds. The van der Waals surface area contributed by atoms with Crippen LogP contribution in [0.25, 0.3) is 0 Å². The Hall–Kier alpha value is -0.120. The second-order valence-corrected chi connectivity index (χ2v) is 5.01. The highest BCUT2D eigenvalue weighted by Gasteiger charge is 2.28. The third-order valence-corrected chi connectivity index (χ3v) is 3.16. The van der Waals surface area contributed by atoms with E-state index in [4.69, 9.17) is 5.73 Å². The molecule has 1 rings (SSSR count). The Kier molecular flexibility index (Phi) is 4.35. The van der Waals surface area contributed by atoms with E-state index in [2.05, 4.69) is 18.7 Å². The van der Waals surface area contributed by atoms with Gasteiger partial charge in [0, 0.05) is 25.2 Å². The lowest BCUT2D eigenvalue weighted by Gasteiger charge is -2.40. The number of rotatable bonds is 3. The minimum Gasteiger partial charge on any atom is -0.395 e. The van der Waals surface area contributed by atoms with Gasteiger partial charge in [0.25, 0.3) is 0 Å². The largest absolute Gasteiger partial charge is 0.395 e. The third kappa shape index (κ3) is 2.94. The number of aliphatic hydroxyl groups is 1. The van der Waals surface area contributed by atoms with Crippen molar-refractivity contribution in [1.82, 2.24) is 4.90 Å². The fourth-order valence-electron chi connectivity index (χ4n) is 2.60. The predicted molar refractivity (Wildman–Crippen MR) is 59.0 cm³/mol. The van der Waals surface area contributed by atoms with Crippen molar-refractivity contribution in [3.63, 3.8) is 0 Å². The molecule has 4 unspecified atom stereocenters. The summed E-state index contributed by atoms with van der Waals surface area (Å²) in [5.41, 5.74) is 5.87. The number of nitrogens with zero attached hydrogens (tertiary/aromatic N) is 1. The molecule has 0 aliphatic carbocycles. The van der Waals surface area contributed by atoms with Crippen molar-refractivity contribution in [2.75, 3.05) is 19.7 Å². The molecule has 14 heavy (non-hydrogen) atoms. The maximum absolute atomic E-state index is 9.30. The zero-order valence-electron chi connectivity index (χ0n) is 9.61. The quantitative estimate of drug-likeness (QED) is 0.704. The van der Waals surface area contributed by atoms with Gasteiger partial charge in [0.2, 0.25) is 0 Å². The summed E-state index contributed by atoms with van der Waals surface area (Å²) in [7, 11) is 0. The summed E-state index contributed by atoms with van der Waals surface area (Å²) in [6.45, 7) is 8.87. The first-order chi connectivity index (χ1) is 6.54. The van der Waals surface area contributed by atoms with Crippen LogP contribution in [0.4, 0.5) is 0 Å². The molecule has 0 aromatic heterocycles. The van der Waals surface area contributed by atoms with Gasteiger partial charge in [-0.25, -0.2) is 0 Å². The highest BCUT2D eigenvalue weighted by Crippen LogP contribution is 2.23. The van der Waals surface area contributed by atoms with Crippen molar-refractivity contribution in [1.29, 1.82) is 0 Å². The van der Waals surface area contributed by atoms with Gasteiger partial charge in [-0.05, 0) is 25.2 Å². The summed E-state index contributed by atoms with van der Waals surface area (Å²) in [5, 5.41) is 9.30. The third-order valence-electron chi connectivity index (χ3n) is 3.16. The monoisotopic (exact) mass is 200 g/mol. The van der Waals surface area contributed by atoms with Crippen LogP contribution in [0.2, 0.25) is 0 Å². The normalized spacial score (nSPS) is 34.1. The molecule has 0 radical (unpaired) electrons. The van der Waals surface area contributed by atoms with E-state index in [9.17, 15) is 5.11 Å². The minimum atomic E-state index is 0.0532. The molecule has 84 valence electrons. The zero-order chi connectivity index (χ0) is 10.7. The molecule has 0 saturated carbocycles. The lowest BCUT2D eigenvalue weighted by atomic mass is 9.90. The summed E-state index contributed by atoms with van der Waals surface area (Å²) in [4.78, 5) is 2.35. The Morgan fingerprint density at radius 3 is 2.21 bits per heavy atom. The Labute approximate surface area is 87.3 Å². The zero-order valence-corrected chi connectivity index (χ0v) is 9.61. The van der Waals surface area contributed by atoms with Crippen LogP contribution in [0.3, 0.4) is 0 Å². The van der Waals surface area contributed by atoms with E-state index in [1.165, 1.54) is 6.42 Å². The average Bonchev–Trinajstić information content (AvgIpc) is 2.02. The van der Waals surface area contributed by atoms with Crippen LogP contribution < -0.4 is 5.73 Å². The van der Waals surface area contributed by atoms with Gasteiger partial charge in [0.1, 0.15) is 0 Å². The summed E-state index contributed by atoms with van der Waals surface area (Å²) in [5.74, 6) is 1.46. The number of likely N-dealkylation sites (tertiary alicyclic amines) is 1. The van der Waals surface area contributed by atoms with Crippen molar-refractivity contribution in [2.24, 2.45) is 17.6 Å². The van der Waals surface area contributed by atoms with Gasteiger partial charge in [0.05, 0.1) is 6.61 Å². The van der Waals surface area contributed by atoms with Crippen LogP contribution in [0, 0.1) is 11.8 Å². The lowest BCUT2D eigenvalue weighted by Crippen LogP contribution is -2.53. The van der Waals surface area contributed by atoms with E-state index in [0.717, 1.165) is 24.9 Å². The molecule has 3 N–H and O–H groups in total. The molecular weight excluding hydrogens is 176 g/mol. The summed E-state index contributed by atoms with van der Waals surface area (Å²) >= 11 is 0. The molecule has 0 spiro atoms. The van der Waals surface area contributed by atoms with Gasteiger partial charge in [-0.1, -0.05) is 13.8 Å². The fourth-order valence-corrected chi connectivity index (χ4v) is 2.60. The number of hydrogen-bond donors (Lipinski definition) is 2. The first kappa shape index (κ1) is 12.0. The van der Waals surface area contributed by atoms with E-state index in [0.29, 0.717) is 0 Å². The smallest absolute Gasteiger partial charge is 0.0601 e. The van der Waals surface area contributed by atoms with Crippen LogP contribution in [-0.2, 0) is 0 Å². The summed E-state index contributed by atoms with van der Waals surface area (Å²) in [6, 6.07) is 0.192.